The van der Waals surface area contributed by atoms with Gasteiger partial charge in [0.15, 0.2) is 11.5 Å². The van der Waals surface area contributed by atoms with Crippen LogP contribution in [0.3, 0.4) is 0 Å². The lowest BCUT2D eigenvalue weighted by Gasteiger charge is -2.47. The summed E-state index contributed by atoms with van der Waals surface area (Å²) in [5.41, 5.74) is 2.61. The average Bonchev–Trinajstić information content (AvgIpc) is 2.78. The third-order valence-corrected chi connectivity index (χ3v) is 7.03. The number of carbonyl (C=O) groups is 2. The number of methoxy groups -OCH3 is 2. The third-order valence-electron chi connectivity index (χ3n) is 7.03. The number of piperidine rings is 1. The van der Waals surface area contributed by atoms with Crippen LogP contribution in [0.4, 0.5) is 0 Å². The minimum Gasteiger partial charge on any atom is -0.493 e. The zero-order chi connectivity index (χ0) is 24.0. The summed E-state index contributed by atoms with van der Waals surface area (Å²) < 4.78 is 16.8. The first-order valence-electron chi connectivity index (χ1n) is 12.2. The molecule has 0 saturated carbocycles. The molecule has 0 radical (unpaired) electrons. The summed E-state index contributed by atoms with van der Waals surface area (Å²) in [4.78, 5) is 25.5. The number of benzene rings is 1. The molecule has 0 bridgehead atoms. The number of esters is 1. The number of fused-ring (bicyclic) bond motifs is 3. The Kier molecular flexibility index (Phi) is 9.01. The summed E-state index contributed by atoms with van der Waals surface area (Å²) in [6, 6.07) is 4.52. The fraction of sp³-hybridized carbons (Fsp3) is 0.692. The summed E-state index contributed by atoms with van der Waals surface area (Å²) >= 11 is 0. The second-order valence-electron chi connectivity index (χ2n) is 9.84. The van der Waals surface area contributed by atoms with Crippen LogP contribution in [0.5, 0.6) is 11.5 Å². The first kappa shape index (κ1) is 25.3. The van der Waals surface area contributed by atoms with Crippen LogP contribution in [-0.2, 0) is 20.7 Å². The fourth-order valence-electron chi connectivity index (χ4n) is 5.40. The fourth-order valence-corrected chi connectivity index (χ4v) is 5.40. The summed E-state index contributed by atoms with van der Waals surface area (Å²) in [7, 11) is 3.34. The van der Waals surface area contributed by atoms with E-state index >= 15 is 0 Å². The van der Waals surface area contributed by atoms with Crippen LogP contribution in [0.15, 0.2) is 12.1 Å². The Morgan fingerprint density at radius 2 is 1.79 bits per heavy atom. The van der Waals surface area contributed by atoms with Gasteiger partial charge < -0.3 is 19.3 Å². The van der Waals surface area contributed by atoms with Crippen LogP contribution < -0.4 is 9.47 Å². The van der Waals surface area contributed by atoms with Crippen molar-refractivity contribution in [1.29, 1.82) is 0 Å². The van der Waals surface area contributed by atoms with E-state index in [9.17, 15) is 9.59 Å². The molecule has 184 valence electrons. The van der Waals surface area contributed by atoms with Crippen LogP contribution in [0.25, 0.3) is 0 Å². The van der Waals surface area contributed by atoms with Gasteiger partial charge in [-0.05, 0) is 73.1 Å². The van der Waals surface area contributed by atoms with Gasteiger partial charge in [-0.15, -0.1) is 0 Å². The maximum Gasteiger partial charge on any atom is 0.305 e. The quantitative estimate of drug-likeness (QED) is 0.384. The molecule has 0 aliphatic carbocycles. The highest BCUT2D eigenvalue weighted by Gasteiger charge is 2.40. The van der Waals surface area contributed by atoms with Crippen molar-refractivity contribution in [2.24, 2.45) is 17.8 Å². The molecule has 1 N–H and O–H groups in total. The minimum atomic E-state index is -0.825. The van der Waals surface area contributed by atoms with Gasteiger partial charge in [0.1, 0.15) is 0 Å². The molecule has 0 unspecified atom stereocenters. The Labute approximate surface area is 197 Å². The van der Waals surface area contributed by atoms with Gasteiger partial charge in [0, 0.05) is 32.0 Å². The van der Waals surface area contributed by atoms with Crippen molar-refractivity contribution in [2.45, 2.75) is 64.8 Å². The molecule has 0 amide bonds. The number of ether oxygens (including phenoxy) is 3. The molecule has 7 heteroatoms. The Morgan fingerprint density at radius 1 is 1.09 bits per heavy atom. The first-order valence-corrected chi connectivity index (χ1v) is 12.2. The highest BCUT2D eigenvalue weighted by Crippen LogP contribution is 2.45. The van der Waals surface area contributed by atoms with E-state index in [1.165, 1.54) is 11.1 Å². The summed E-state index contributed by atoms with van der Waals surface area (Å²) in [5, 5.41) is 8.75. The van der Waals surface area contributed by atoms with Crippen LogP contribution in [0.2, 0.25) is 0 Å². The Bertz CT molecular complexity index is 823. The van der Waals surface area contributed by atoms with Gasteiger partial charge in [-0.25, -0.2) is 0 Å². The van der Waals surface area contributed by atoms with E-state index < -0.39 is 5.97 Å². The van der Waals surface area contributed by atoms with Crippen molar-refractivity contribution in [3.05, 3.63) is 23.3 Å². The highest BCUT2D eigenvalue weighted by atomic mass is 16.5. The van der Waals surface area contributed by atoms with Gasteiger partial charge in [-0.3, -0.25) is 14.5 Å². The Morgan fingerprint density at radius 3 is 2.45 bits per heavy atom. The van der Waals surface area contributed by atoms with Gasteiger partial charge in [-0.1, -0.05) is 13.8 Å². The van der Waals surface area contributed by atoms with Gasteiger partial charge in [0.2, 0.25) is 0 Å². The predicted octanol–water partition coefficient (Wildman–Crippen LogP) is 4.47. The molecule has 2 heterocycles. The van der Waals surface area contributed by atoms with Gasteiger partial charge in [0.05, 0.1) is 20.8 Å². The molecule has 0 spiro atoms. The van der Waals surface area contributed by atoms with Crippen molar-refractivity contribution in [3.8, 4) is 11.5 Å². The van der Waals surface area contributed by atoms with Gasteiger partial charge in [-0.2, -0.15) is 0 Å². The number of carboxylic acid groups (broad SMARTS) is 1. The number of carboxylic acids is 1. The van der Waals surface area contributed by atoms with E-state index in [1.54, 1.807) is 14.2 Å². The van der Waals surface area contributed by atoms with Crippen LogP contribution in [-0.4, -0.2) is 55.9 Å². The highest BCUT2D eigenvalue weighted by molar-refractivity contribution is 5.69. The van der Waals surface area contributed by atoms with Gasteiger partial charge in [0.25, 0.3) is 0 Å². The van der Waals surface area contributed by atoms with Crippen LogP contribution >= 0.6 is 0 Å². The molecule has 1 saturated heterocycles. The van der Waals surface area contributed by atoms with Crippen molar-refractivity contribution >= 4 is 11.9 Å². The normalized spacial score (nSPS) is 22.4. The molecule has 0 aromatic heterocycles. The molecule has 1 aromatic carbocycles. The number of unbranched alkanes of at least 4 members (excludes halogenated alkanes) is 1. The van der Waals surface area contributed by atoms with Crippen molar-refractivity contribution in [2.75, 3.05) is 33.9 Å². The third kappa shape index (κ3) is 6.62. The topological polar surface area (TPSA) is 85.3 Å². The number of aliphatic carboxylic acids is 1. The molecule has 33 heavy (non-hydrogen) atoms. The zero-order valence-electron chi connectivity index (χ0n) is 20.5. The molecular weight excluding hydrogens is 422 g/mol. The predicted molar refractivity (Wildman–Crippen MR) is 126 cm³/mol. The van der Waals surface area contributed by atoms with Crippen LogP contribution in [0.1, 0.15) is 69.5 Å². The van der Waals surface area contributed by atoms with Crippen molar-refractivity contribution in [3.63, 3.8) is 0 Å². The van der Waals surface area contributed by atoms with Crippen LogP contribution in [0, 0.1) is 17.8 Å². The SMILES string of the molecule is COc1cc2c(cc1OC)[C@H]1C[C@@H](COC(=O)CCCCC(=O)O)[C@H](CC(C)C)CN1CC2. The number of nitrogens with zero attached hydrogens (tertiary/aromatic N) is 1. The van der Waals surface area contributed by atoms with E-state index in [0.29, 0.717) is 37.2 Å². The smallest absolute Gasteiger partial charge is 0.305 e. The standard InChI is InChI=1S/C26H39NO6/c1-17(2)11-19-15-27-10-9-18-13-23(31-3)24(32-4)14-21(18)22(27)12-20(19)16-33-26(30)8-6-5-7-25(28)29/h13-14,17,19-20,22H,5-12,15-16H2,1-4H3,(H,28,29)/t19-,20+,22-/m1/s1. The average molecular weight is 462 g/mol. The lowest BCUT2D eigenvalue weighted by Crippen LogP contribution is -2.47. The number of hydrogen-bond donors (Lipinski definition) is 1. The Hall–Kier alpha value is -2.28. The monoisotopic (exact) mass is 461 g/mol. The first-order chi connectivity index (χ1) is 15.8. The van der Waals surface area contributed by atoms with E-state index in [0.717, 1.165) is 43.9 Å². The van der Waals surface area contributed by atoms with E-state index in [4.69, 9.17) is 19.3 Å². The van der Waals surface area contributed by atoms with E-state index in [2.05, 4.69) is 30.9 Å². The molecule has 1 aromatic rings. The summed E-state index contributed by atoms with van der Waals surface area (Å²) in [6.07, 6.45) is 4.49. The molecule has 2 aliphatic heterocycles. The largest absolute Gasteiger partial charge is 0.493 e. The van der Waals surface area contributed by atoms with E-state index in [1.807, 2.05) is 0 Å². The molecule has 1 fully saturated rings. The number of carbonyl (C=O) groups excluding carboxylic acids is 1. The summed E-state index contributed by atoms with van der Waals surface area (Å²) in [6.45, 7) is 6.97. The number of rotatable bonds is 11. The maximum atomic E-state index is 12.3. The van der Waals surface area contributed by atoms with Crippen molar-refractivity contribution < 1.29 is 28.9 Å². The maximum absolute atomic E-state index is 12.3. The lowest BCUT2D eigenvalue weighted by molar-refractivity contribution is -0.147. The minimum absolute atomic E-state index is 0.0948. The molecule has 2 aliphatic rings. The van der Waals surface area contributed by atoms with Crippen molar-refractivity contribution in [1.82, 2.24) is 4.90 Å². The summed E-state index contributed by atoms with van der Waals surface area (Å²) in [5.74, 6) is 1.86. The lowest BCUT2D eigenvalue weighted by atomic mass is 9.74. The molecule has 3 rings (SSSR count). The number of hydrogen-bond acceptors (Lipinski definition) is 6. The molecular formula is C26H39NO6. The molecule has 7 nitrogen and oxygen atoms in total. The van der Waals surface area contributed by atoms with E-state index in [-0.39, 0.29) is 24.9 Å². The Balaban J connectivity index is 1.69. The second kappa shape index (κ2) is 11.7. The molecule has 3 atom stereocenters. The second-order valence-corrected chi connectivity index (χ2v) is 9.84. The zero-order valence-corrected chi connectivity index (χ0v) is 20.5. The van der Waals surface area contributed by atoms with Gasteiger partial charge >= 0.3 is 11.9 Å².